The molecule has 0 saturated carbocycles. The Labute approximate surface area is 126 Å². The third-order valence-electron chi connectivity index (χ3n) is 2.40. The maximum Gasteiger partial charge on any atom is 0.188 e. The van der Waals surface area contributed by atoms with Gasteiger partial charge in [0.2, 0.25) is 0 Å². The van der Waals surface area contributed by atoms with Crippen molar-refractivity contribution in [3.8, 4) is 0 Å². The topological polar surface area (TPSA) is 63.3 Å². The lowest BCUT2D eigenvalue weighted by Crippen LogP contribution is -2.33. The molecule has 0 fully saturated rings. The van der Waals surface area contributed by atoms with Gasteiger partial charge in [-0.2, -0.15) is 0 Å². The van der Waals surface area contributed by atoms with E-state index in [0.717, 1.165) is 31.6 Å². The molecule has 0 spiro atoms. The molecule has 1 aromatic rings. The van der Waals surface area contributed by atoms with Crippen molar-refractivity contribution in [2.75, 3.05) is 13.1 Å². The molecule has 0 radical (unpaired) electrons. The first-order valence-corrected chi connectivity index (χ1v) is 6.12. The lowest BCUT2D eigenvalue weighted by atomic mass is 10.1. The fourth-order valence-electron chi connectivity index (χ4n) is 1.36. The Hall–Kier alpha value is -0.850. The highest BCUT2D eigenvalue weighted by atomic mass is 127. The van der Waals surface area contributed by atoms with E-state index in [1.165, 1.54) is 0 Å². The molecule has 0 aromatic carbocycles. The van der Waals surface area contributed by atoms with Crippen molar-refractivity contribution >= 4 is 29.9 Å². The van der Waals surface area contributed by atoms with E-state index in [1.54, 1.807) is 6.20 Å². The van der Waals surface area contributed by atoms with Crippen LogP contribution in [0.5, 0.6) is 0 Å². The zero-order chi connectivity index (χ0) is 12.5. The molecule has 1 heterocycles. The first-order valence-electron chi connectivity index (χ1n) is 6.12. The predicted octanol–water partition coefficient (Wildman–Crippen LogP) is 2.19. The van der Waals surface area contributed by atoms with Crippen molar-refractivity contribution in [1.29, 1.82) is 0 Å². The van der Waals surface area contributed by atoms with Gasteiger partial charge in [-0.25, -0.2) is 0 Å². The second-order valence-corrected chi connectivity index (χ2v) is 4.45. The number of rotatable bonds is 6. The zero-order valence-electron chi connectivity index (χ0n) is 11.1. The van der Waals surface area contributed by atoms with Crippen LogP contribution >= 0.6 is 24.0 Å². The van der Waals surface area contributed by atoms with Crippen molar-refractivity contribution in [2.24, 2.45) is 16.6 Å². The summed E-state index contributed by atoms with van der Waals surface area (Å²) in [6.07, 6.45) is 3.74. The Balaban J connectivity index is 0.00000289. The molecule has 1 rings (SSSR count). The number of aromatic nitrogens is 1. The number of nitrogens with two attached hydrogens (primary N) is 1. The van der Waals surface area contributed by atoms with Crippen LogP contribution in [0.3, 0.4) is 0 Å². The Morgan fingerprint density at radius 2 is 2.22 bits per heavy atom. The van der Waals surface area contributed by atoms with E-state index in [2.05, 4.69) is 29.1 Å². The number of nitrogens with one attached hydrogen (secondary N) is 1. The second-order valence-electron chi connectivity index (χ2n) is 4.45. The number of halogens is 1. The van der Waals surface area contributed by atoms with E-state index in [9.17, 15) is 0 Å². The summed E-state index contributed by atoms with van der Waals surface area (Å²) in [5.74, 6) is 1.20. The summed E-state index contributed by atoms with van der Waals surface area (Å²) in [6, 6.07) is 5.91. The minimum atomic E-state index is 0. The molecule has 0 aliphatic rings. The molecule has 0 aliphatic heterocycles. The van der Waals surface area contributed by atoms with Crippen LogP contribution in [0.15, 0.2) is 29.4 Å². The van der Waals surface area contributed by atoms with E-state index < -0.39 is 0 Å². The zero-order valence-corrected chi connectivity index (χ0v) is 13.4. The van der Waals surface area contributed by atoms with E-state index in [4.69, 9.17) is 5.73 Å². The fourth-order valence-corrected chi connectivity index (χ4v) is 1.36. The summed E-state index contributed by atoms with van der Waals surface area (Å²) in [5, 5.41) is 3.09. The molecule has 3 N–H and O–H groups in total. The smallest absolute Gasteiger partial charge is 0.188 e. The van der Waals surface area contributed by atoms with Crippen LogP contribution in [0, 0.1) is 5.92 Å². The minimum absolute atomic E-state index is 0. The van der Waals surface area contributed by atoms with Gasteiger partial charge in [0.05, 0.1) is 0 Å². The van der Waals surface area contributed by atoms with Gasteiger partial charge in [0.15, 0.2) is 5.96 Å². The van der Waals surface area contributed by atoms with Gasteiger partial charge in [-0.3, -0.25) is 9.98 Å². The first kappa shape index (κ1) is 17.2. The number of pyridine rings is 1. The molecule has 5 heteroatoms. The molecule has 0 aliphatic carbocycles. The quantitative estimate of drug-likeness (QED) is 0.463. The highest BCUT2D eigenvalue weighted by Gasteiger charge is 1.95. The average molecular weight is 362 g/mol. The molecular formula is C13H23IN4. The maximum atomic E-state index is 5.74. The fraction of sp³-hybridized carbons (Fsp3) is 0.538. The number of hydrogen-bond donors (Lipinski definition) is 2. The van der Waals surface area contributed by atoms with Crippen molar-refractivity contribution in [1.82, 2.24) is 10.3 Å². The summed E-state index contributed by atoms with van der Waals surface area (Å²) >= 11 is 0. The van der Waals surface area contributed by atoms with Gasteiger partial charge in [-0.05, 0) is 24.5 Å². The van der Waals surface area contributed by atoms with Gasteiger partial charge in [0, 0.05) is 31.4 Å². The predicted molar refractivity (Wildman–Crippen MR) is 87.3 cm³/mol. The van der Waals surface area contributed by atoms with Crippen molar-refractivity contribution in [2.45, 2.75) is 26.7 Å². The number of nitrogens with zero attached hydrogens (tertiary/aromatic N) is 2. The van der Waals surface area contributed by atoms with Crippen LogP contribution in [-0.4, -0.2) is 24.0 Å². The van der Waals surface area contributed by atoms with Gasteiger partial charge in [-0.1, -0.05) is 19.9 Å². The standard InChI is InChI=1S/C13H22N4.HI/c1-11(2)6-9-16-13(14)17-10-7-12-5-3-4-8-15-12;/h3-5,8,11H,6-7,9-10H2,1-2H3,(H3,14,16,17);1H. The molecule has 0 saturated heterocycles. The molecule has 0 amide bonds. The maximum absolute atomic E-state index is 5.74. The first-order chi connectivity index (χ1) is 8.18. The molecular weight excluding hydrogens is 339 g/mol. The summed E-state index contributed by atoms with van der Waals surface area (Å²) < 4.78 is 0. The van der Waals surface area contributed by atoms with Gasteiger partial charge in [0.1, 0.15) is 0 Å². The Kier molecular flexibility index (Phi) is 9.63. The minimum Gasteiger partial charge on any atom is -0.370 e. The number of guanidine groups is 1. The van der Waals surface area contributed by atoms with Gasteiger partial charge >= 0.3 is 0 Å². The van der Waals surface area contributed by atoms with Gasteiger partial charge in [-0.15, -0.1) is 24.0 Å². The van der Waals surface area contributed by atoms with Gasteiger partial charge in [0.25, 0.3) is 0 Å². The SMILES string of the molecule is CC(C)CCN=C(N)NCCc1ccccn1.I. The summed E-state index contributed by atoms with van der Waals surface area (Å²) in [7, 11) is 0. The highest BCUT2D eigenvalue weighted by Crippen LogP contribution is 1.98. The number of aliphatic imine (C=N–C) groups is 1. The molecule has 1 aromatic heterocycles. The van der Waals surface area contributed by atoms with E-state index >= 15 is 0 Å². The van der Waals surface area contributed by atoms with Crippen LogP contribution in [0.4, 0.5) is 0 Å². The number of hydrogen-bond acceptors (Lipinski definition) is 2. The third-order valence-corrected chi connectivity index (χ3v) is 2.40. The molecule has 0 bridgehead atoms. The monoisotopic (exact) mass is 362 g/mol. The Bertz CT molecular complexity index is 338. The van der Waals surface area contributed by atoms with Crippen LogP contribution in [0.2, 0.25) is 0 Å². The molecule has 4 nitrogen and oxygen atoms in total. The summed E-state index contributed by atoms with van der Waals surface area (Å²) in [6.45, 7) is 5.93. The highest BCUT2D eigenvalue weighted by molar-refractivity contribution is 14.0. The van der Waals surface area contributed by atoms with Crippen LogP contribution in [0.25, 0.3) is 0 Å². The molecule has 0 atom stereocenters. The van der Waals surface area contributed by atoms with Gasteiger partial charge < -0.3 is 11.1 Å². The van der Waals surface area contributed by atoms with E-state index in [0.29, 0.717) is 11.9 Å². The van der Waals surface area contributed by atoms with Crippen LogP contribution < -0.4 is 11.1 Å². The van der Waals surface area contributed by atoms with Crippen LogP contribution in [0.1, 0.15) is 26.0 Å². The lowest BCUT2D eigenvalue weighted by molar-refractivity contribution is 0.595. The normalized spacial score (nSPS) is 11.2. The largest absolute Gasteiger partial charge is 0.370 e. The van der Waals surface area contributed by atoms with Crippen molar-refractivity contribution in [3.63, 3.8) is 0 Å². The lowest BCUT2D eigenvalue weighted by Gasteiger charge is -2.06. The summed E-state index contributed by atoms with van der Waals surface area (Å²) in [5.41, 5.74) is 6.81. The third kappa shape index (κ3) is 8.27. The van der Waals surface area contributed by atoms with Crippen molar-refractivity contribution in [3.05, 3.63) is 30.1 Å². The average Bonchev–Trinajstić information content (AvgIpc) is 2.30. The Morgan fingerprint density at radius 3 is 2.83 bits per heavy atom. The molecule has 18 heavy (non-hydrogen) atoms. The van der Waals surface area contributed by atoms with E-state index in [-0.39, 0.29) is 24.0 Å². The van der Waals surface area contributed by atoms with Crippen LogP contribution in [-0.2, 0) is 6.42 Å². The molecule has 0 unspecified atom stereocenters. The molecule has 102 valence electrons. The second kappa shape index (κ2) is 10.1. The Morgan fingerprint density at radius 1 is 1.44 bits per heavy atom. The van der Waals surface area contributed by atoms with E-state index in [1.807, 2.05) is 18.2 Å². The van der Waals surface area contributed by atoms with Crippen molar-refractivity contribution < 1.29 is 0 Å². The summed E-state index contributed by atoms with van der Waals surface area (Å²) in [4.78, 5) is 8.50.